The topological polar surface area (TPSA) is 63.1 Å². The van der Waals surface area contributed by atoms with Gasteiger partial charge in [0.15, 0.2) is 0 Å². The average molecular weight is 313 g/mol. The molecule has 0 bridgehead atoms. The van der Waals surface area contributed by atoms with Crippen molar-refractivity contribution >= 4 is 5.91 Å². The summed E-state index contributed by atoms with van der Waals surface area (Å²) in [7, 11) is 3.79. The lowest BCUT2D eigenvalue weighted by atomic mass is 9.88. The molecule has 2 aromatic rings. The van der Waals surface area contributed by atoms with Crippen molar-refractivity contribution in [1.29, 1.82) is 0 Å². The van der Waals surface area contributed by atoms with E-state index in [1.54, 1.807) is 11.1 Å². The number of aromatic nitrogens is 3. The van der Waals surface area contributed by atoms with Crippen molar-refractivity contribution in [2.75, 3.05) is 20.1 Å². The number of hydrogen-bond donors (Lipinski definition) is 1. The fraction of sp³-hybridized carbons (Fsp3) is 0.471. The lowest BCUT2D eigenvalue weighted by Gasteiger charge is -2.24. The van der Waals surface area contributed by atoms with Gasteiger partial charge in [-0.2, -0.15) is 5.10 Å². The van der Waals surface area contributed by atoms with Gasteiger partial charge in [0, 0.05) is 45.0 Å². The molecule has 23 heavy (non-hydrogen) atoms. The van der Waals surface area contributed by atoms with Gasteiger partial charge in [0.25, 0.3) is 0 Å². The van der Waals surface area contributed by atoms with Crippen LogP contribution < -0.4 is 5.32 Å². The Bertz CT molecular complexity index is 682. The second-order valence-corrected chi connectivity index (χ2v) is 6.20. The summed E-state index contributed by atoms with van der Waals surface area (Å²) in [5.74, 6) is 0.294. The van der Waals surface area contributed by atoms with Crippen LogP contribution >= 0.6 is 0 Å². The van der Waals surface area contributed by atoms with Crippen LogP contribution in [0.4, 0.5) is 0 Å². The minimum Gasteiger partial charge on any atom is -0.340 e. The first-order valence-corrected chi connectivity index (χ1v) is 7.92. The number of pyridine rings is 1. The van der Waals surface area contributed by atoms with E-state index in [1.165, 1.54) is 5.56 Å². The molecule has 0 aliphatic carbocycles. The van der Waals surface area contributed by atoms with E-state index in [4.69, 9.17) is 0 Å². The standard InChI is InChI=1S/C17H23N5O/c1-12-14(10-20-22(12)3)15-8-18-9-16(15)17(23)21(2)11-13-6-4-5-7-19-13/h4-7,10,15-16,18H,8-9,11H2,1-3H3/t15-,16+/m1/s1. The molecule has 0 unspecified atom stereocenters. The maximum Gasteiger partial charge on any atom is 0.227 e. The van der Waals surface area contributed by atoms with Crippen LogP contribution in [0.5, 0.6) is 0 Å². The second-order valence-electron chi connectivity index (χ2n) is 6.20. The predicted octanol–water partition coefficient (Wildman–Crippen LogP) is 1.09. The Labute approximate surface area is 136 Å². The number of nitrogens with zero attached hydrogens (tertiary/aromatic N) is 4. The molecule has 0 saturated carbocycles. The third kappa shape index (κ3) is 3.12. The van der Waals surface area contributed by atoms with Gasteiger partial charge in [0.05, 0.1) is 24.4 Å². The highest BCUT2D eigenvalue weighted by atomic mass is 16.2. The van der Waals surface area contributed by atoms with Gasteiger partial charge >= 0.3 is 0 Å². The zero-order chi connectivity index (χ0) is 16.4. The highest BCUT2D eigenvalue weighted by molar-refractivity contribution is 5.80. The molecule has 1 fully saturated rings. The summed E-state index contributed by atoms with van der Waals surface area (Å²) in [6, 6.07) is 5.77. The van der Waals surface area contributed by atoms with E-state index in [0.717, 1.165) is 17.9 Å². The Morgan fingerprint density at radius 2 is 2.26 bits per heavy atom. The van der Waals surface area contributed by atoms with Crippen LogP contribution in [0, 0.1) is 12.8 Å². The molecule has 1 aliphatic heterocycles. The Hall–Kier alpha value is -2.21. The van der Waals surface area contributed by atoms with E-state index in [1.807, 2.05) is 43.2 Å². The smallest absolute Gasteiger partial charge is 0.227 e. The van der Waals surface area contributed by atoms with E-state index in [9.17, 15) is 4.79 Å². The lowest BCUT2D eigenvalue weighted by Crippen LogP contribution is -2.36. The number of carbonyl (C=O) groups excluding carboxylic acids is 1. The first-order valence-electron chi connectivity index (χ1n) is 7.92. The molecule has 1 N–H and O–H groups in total. The first-order chi connectivity index (χ1) is 11.1. The van der Waals surface area contributed by atoms with Crippen molar-refractivity contribution in [2.45, 2.75) is 19.4 Å². The van der Waals surface area contributed by atoms with E-state index in [2.05, 4.69) is 22.3 Å². The molecular weight excluding hydrogens is 290 g/mol. The Morgan fingerprint density at radius 3 is 2.91 bits per heavy atom. The van der Waals surface area contributed by atoms with Crippen LogP contribution in [0.15, 0.2) is 30.6 Å². The molecule has 122 valence electrons. The maximum atomic E-state index is 12.9. The molecule has 2 atom stereocenters. The molecule has 6 nitrogen and oxygen atoms in total. The van der Waals surface area contributed by atoms with Crippen LogP contribution in [0.3, 0.4) is 0 Å². The predicted molar refractivity (Wildman–Crippen MR) is 87.8 cm³/mol. The summed E-state index contributed by atoms with van der Waals surface area (Å²) < 4.78 is 1.87. The largest absolute Gasteiger partial charge is 0.340 e. The van der Waals surface area contributed by atoms with Gasteiger partial charge in [0.2, 0.25) is 5.91 Å². The highest BCUT2D eigenvalue weighted by Gasteiger charge is 2.37. The molecule has 0 radical (unpaired) electrons. The molecule has 1 aliphatic rings. The number of amides is 1. The normalized spacial score (nSPS) is 20.7. The van der Waals surface area contributed by atoms with Crippen molar-refractivity contribution in [3.63, 3.8) is 0 Å². The van der Waals surface area contributed by atoms with Gasteiger partial charge in [-0.3, -0.25) is 14.5 Å². The van der Waals surface area contributed by atoms with Gasteiger partial charge in [-0.15, -0.1) is 0 Å². The van der Waals surface area contributed by atoms with Crippen molar-refractivity contribution in [1.82, 2.24) is 25.0 Å². The Kier molecular flexibility index (Phi) is 4.43. The molecule has 0 aromatic carbocycles. The number of carbonyl (C=O) groups is 1. The number of hydrogen-bond acceptors (Lipinski definition) is 4. The van der Waals surface area contributed by atoms with Gasteiger partial charge in [-0.05, 0) is 24.6 Å². The van der Waals surface area contributed by atoms with Crippen LogP contribution in [0.2, 0.25) is 0 Å². The minimum atomic E-state index is -0.0494. The maximum absolute atomic E-state index is 12.9. The Balaban J connectivity index is 1.74. The summed E-state index contributed by atoms with van der Waals surface area (Å²) in [5.41, 5.74) is 3.20. The van der Waals surface area contributed by atoms with Gasteiger partial charge < -0.3 is 10.2 Å². The first kappa shape index (κ1) is 15.7. The number of rotatable bonds is 4. The molecule has 3 heterocycles. The van der Waals surface area contributed by atoms with Gasteiger partial charge in [0.1, 0.15) is 0 Å². The third-order valence-electron chi connectivity index (χ3n) is 4.71. The Morgan fingerprint density at radius 1 is 1.43 bits per heavy atom. The van der Waals surface area contributed by atoms with Gasteiger partial charge in [-0.1, -0.05) is 6.07 Å². The van der Waals surface area contributed by atoms with Crippen LogP contribution in [0.1, 0.15) is 22.9 Å². The van der Waals surface area contributed by atoms with Crippen LogP contribution in [-0.2, 0) is 18.4 Å². The van der Waals surface area contributed by atoms with Crippen LogP contribution in [-0.4, -0.2) is 45.7 Å². The van der Waals surface area contributed by atoms with E-state index >= 15 is 0 Å². The number of nitrogens with one attached hydrogen (secondary N) is 1. The fourth-order valence-corrected chi connectivity index (χ4v) is 3.24. The van der Waals surface area contributed by atoms with Gasteiger partial charge in [-0.25, -0.2) is 0 Å². The SMILES string of the molecule is Cc1c([C@H]2CNC[C@@H]2C(=O)N(C)Cc2ccccn2)cnn1C. The molecule has 1 saturated heterocycles. The monoisotopic (exact) mass is 313 g/mol. The zero-order valence-electron chi connectivity index (χ0n) is 13.9. The fourth-order valence-electron chi connectivity index (χ4n) is 3.24. The van der Waals surface area contributed by atoms with Crippen molar-refractivity contribution in [3.8, 4) is 0 Å². The highest BCUT2D eigenvalue weighted by Crippen LogP contribution is 2.31. The summed E-state index contributed by atoms with van der Waals surface area (Å²) in [6.45, 7) is 4.12. The van der Waals surface area contributed by atoms with E-state index < -0.39 is 0 Å². The molecule has 0 spiro atoms. The quantitative estimate of drug-likeness (QED) is 0.918. The summed E-state index contributed by atoms with van der Waals surface area (Å²) in [6.07, 6.45) is 3.65. The minimum absolute atomic E-state index is 0.0494. The van der Waals surface area contributed by atoms with Crippen molar-refractivity contribution in [3.05, 3.63) is 47.5 Å². The van der Waals surface area contributed by atoms with Crippen molar-refractivity contribution in [2.24, 2.45) is 13.0 Å². The number of aryl methyl sites for hydroxylation is 1. The summed E-state index contributed by atoms with van der Waals surface area (Å²) >= 11 is 0. The molecule has 1 amide bonds. The molecule has 2 aromatic heterocycles. The molecular formula is C17H23N5O. The van der Waals surface area contributed by atoms with Crippen molar-refractivity contribution < 1.29 is 4.79 Å². The van der Waals surface area contributed by atoms with E-state index in [-0.39, 0.29) is 17.7 Å². The average Bonchev–Trinajstić information content (AvgIpc) is 3.15. The van der Waals surface area contributed by atoms with Crippen LogP contribution in [0.25, 0.3) is 0 Å². The second kappa shape index (κ2) is 6.50. The zero-order valence-corrected chi connectivity index (χ0v) is 13.9. The summed E-state index contributed by atoms with van der Waals surface area (Å²) in [5, 5.41) is 7.68. The molecule has 3 rings (SSSR count). The third-order valence-corrected chi connectivity index (χ3v) is 4.71. The lowest BCUT2D eigenvalue weighted by molar-refractivity contribution is -0.134. The molecule has 6 heteroatoms. The summed E-state index contributed by atoms with van der Waals surface area (Å²) in [4.78, 5) is 19.0. The van der Waals surface area contributed by atoms with E-state index in [0.29, 0.717) is 13.1 Å².